The average molecular weight is 589 g/mol. The minimum Gasteiger partial charge on any atom is -0.490 e. The number of ether oxygens (including phenoxy) is 2. The number of hydrazine groups is 1. The molecule has 0 saturated carbocycles. The number of carbonyl (C=O) groups is 3. The van der Waals surface area contributed by atoms with Gasteiger partial charge in [-0.15, -0.1) is 0 Å². The molecule has 1 heterocycles. The quantitative estimate of drug-likeness (QED) is 0.281. The molecule has 0 aromatic heterocycles. The average Bonchev–Trinajstić information content (AvgIpc) is 3.17. The number of rotatable bonds is 8. The van der Waals surface area contributed by atoms with E-state index in [-0.39, 0.29) is 28.7 Å². The van der Waals surface area contributed by atoms with E-state index >= 15 is 0 Å². The molecule has 3 aromatic carbocycles. The Kier molecular flexibility index (Phi) is 8.10. The molecule has 190 valence electrons. The first kappa shape index (κ1) is 26.2. The van der Waals surface area contributed by atoms with Gasteiger partial charge in [-0.2, -0.15) is 0 Å². The molecule has 0 radical (unpaired) electrons. The molecule has 1 saturated heterocycles. The van der Waals surface area contributed by atoms with Crippen molar-refractivity contribution in [3.63, 3.8) is 0 Å². The van der Waals surface area contributed by atoms with E-state index < -0.39 is 30.1 Å². The number of benzene rings is 3. The highest BCUT2D eigenvalue weighted by molar-refractivity contribution is 9.10. The van der Waals surface area contributed by atoms with Crippen molar-refractivity contribution < 1.29 is 28.2 Å². The van der Waals surface area contributed by atoms with E-state index in [4.69, 9.17) is 21.1 Å². The highest BCUT2D eigenvalue weighted by Crippen LogP contribution is 2.43. The van der Waals surface area contributed by atoms with Gasteiger partial charge in [-0.1, -0.05) is 29.8 Å². The molecule has 1 aliphatic rings. The van der Waals surface area contributed by atoms with E-state index in [0.29, 0.717) is 21.4 Å². The standard InChI is InChI=1S/C26H20BrClFN3O5/c1-2-36-20-13-15(12-19-25(34)31-32(26(19)35)18-6-4-3-5-7-18)22(27)23(28)24(20)37-14-21(33)30-17-10-8-16(29)9-11-17/h3-13H,2,14H2,1H3,(H,30,33)(H,31,34)/b19-12-. The molecule has 1 fully saturated rings. The Bertz CT molecular complexity index is 1380. The third kappa shape index (κ3) is 5.92. The molecular formula is C26H20BrClFN3O5. The van der Waals surface area contributed by atoms with E-state index in [2.05, 4.69) is 26.7 Å². The van der Waals surface area contributed by atoms with Crippen molar-refractivity contribution in [1.29, 1.82) is 0 Å². The van der Waals surface area contributed by atoms with Crippen molar-refractivity contribution in [3.8, 4) is 11.5 Å². The van der Waals surface area contributed by atoms with Crippen molar-refractivity contribution >= 4 is 62.7 Å². The molecule has 3 amide bonds. The Morgan fingerprint density at radius 3 is 2.51 bits per heavy atom. The van der Waals surface area contributed by atoms with Gasteiger partial charge in [-0.05, 0) is 77.0 Å². The number of hydrogen-bond acceptors (Lipinski definition) is 5. The monoisotopic (exact) mass is 587 g/mol. The summed E-state index contributed by atoms with van der Waals surface area (Å²) < 4.78 is 24.7. The topological polar surface area (TPSA) is 97.0 Å². The summed E-state index contributed by atoms with van der Waals surface area (Å²) in [5.41, 5.74) is 3.74. The Morgan fingerprint density at radius 2 is 1.84 bits per heavy atom. The van der Waals surface area contributed by atoms with Gasteiger partial charge in [-0.25, -0.2) is 9.40 Å². The fourth-order valence-corrected chi connectivity index (χ4v) is 4.11. The molecule has 2 N–H and O–H groups in total. The Labute approximate surface area is 225 Å². The summed E-state index contributed by atoms with van der Waals surface area (Å²) in [6.45, 7) is 1.61. The fourth-order valence-electron chi connectivity index (χ4n) is 3.45. The number of nitrogens with zero attached hydrogens (tertiary/aromatic N) is 1. The minimum atomic E-state index is -0.576. The molecule has 3 aromatic rings. The lowest BCUT2D eigenvalue weighted by Gasteiger charge is -2.16. The summed E-state index contributed by atoms with van der Waals surface area (Å²) in [5, 5.41) is 3.83. The van der Waals surface area contributed by atoms with E-state index in [1.54, 1.807) is 43.3 Å². The van der Waals surface area contributed by atoms with Crippen LogP contribution in [0.3, 0.4) is 0 Å². The molecule has 37 heavy (non-hydrogen) atoms. The molecular weight excluding hydrogens is 569 g/mol. The summed E-state index contributed by atoms with van der Waals surface area (Å²) in [5.74, 6) is -1.72. The SMILES string of the molecule is CCOc1cc(/C=C2/C(=O)NN(c3ccccc3)C2=O)c(Br)c(Cl)c1OCC(=O)Nc1ccc(F)cc1. The summed E-state index contributed by atoms with van der Waals surface area (Å²) in [6, 6.07) is 15.5. The van der Waals surface area contributed by atoms with Gasteiger partial charge in [0.15, 0.2) is 18.1 Å². The van der Waals surface area contributed by atoms with Gasteiger partial charge >= 0.3 is 0 Å². The van der Waals surface area contributed by atoms with E-state index in [9.17, 15) is 18.8 Å². The van der Waals surface area contributed by atoms with E-state index in [1.807, 2.05) is 0 Å². The van der Waals surface area contributed by atoms with Gasteiger partial charge < -0.3 is 14.8 Å². The fraction of sp³-hybridized carbons (Fsp3) is 0.115. The van der Waals surface area contributed by atoms with Crippen LogP contribution in [0.2, 0.25) is 5.02 Å². The summed E-state index contributed by atoms with van der Waals surface area (Å²) in [6.07, 6.45) is 1.39. The maximum Gasteiger partial charge on any atom is 0.282 e. The van der Waals surface area contributed by atoms with Crippen LogP contribution in [0.25, 0.3) is 6.08 Å². The van der Waals surface area contributed by atoms with Gasteiger partial charge in [0.1, 0.15) is 16.4 Å². The third-order valence-corrected chi connectivity index (χ3v) is 6.58. The number of para-hydroxylation sites is 1. The molecule has 8 nitrogen and oxygen atoms in total. The van der Waals surface area contributed by atoms with Crippen LogP contribution in [0.5, 0.6) is 11.5 Å². The number of nitrogens with one attached hydrogen (secondary N) is 2. The molecule has 0 spiro atoms. The van der Waals surface area contributed by atoms with Crippen LogP contribution in [-0.4, -0.2) is 30.9 Å². The van der Waals surface area contributed by atoms with Gasteiger partial charge in [0.05, 0.1) is 12.3 Å². The first-order chi connectivity index (χ1) is 17.8. The summed E-state index contributed by atoms with van der Waals surface area (Å²) in [4.78, 5) is 37.9. The second-order valence-corrected chi connectivity index (χ2v) is 8.84. The Hall–Kier alpha value is -3.89. The van der Waals surface area contributed by atoms with Crippen LogP contribution >= 0.6 is 27.5 Å². The number of anilines is 2. The lowest BCUT2D eigenvalue weighted by molar-refractivity contribution is -0.118. The first-order valence-corrected chi connectivity index (χ1v) is 12.2. The van der Waals surface area contributed by atoms with Crippen molar-refractivity contribution in [3.05, 3.63) is 87.1 Å². The number of hydrogen-bond donors (Lipinski definition) is 2. The van der Waals surface area contributed by atoms with Crippen molar-refractivity contribution in [2.75, 3.05) is 23.5 Å². The van der Waals surface area contributed by atoms with Crippen LogP contribution in [0.4, 0.5) is 15.8 Å². The number of halogens is 3. The molecule has 11 heteroatoms. The zero-order chi connectivity index (χ0) is 26.5. The van der Waals surface area contributed by atoms with Gasteiger partial charge in [0.2, 0.25) is 0 Å². The molecule has 0 bridgehead atoms. The lowest BCUT2D eigenvalue weighted by Crippen LogP contribution is -2.35. The third-order valence-electron chi connectivity index (χ3n) is 5.14. The Morgan fingerprint density at radius 1 is 1.14 bits per heavy atom. The lowest BCUT2D eigenvalue weighted by atomic mass is 10.1. The molecule has 4 rings (SSSR count). The van der Waals surface area contributed by atoms with E-state index in [1.165, 1.54) is 30.3 Å². The Balaban J connectivity index is 1.57. The largest absolute Gasteiger partial charge is 0.490 e. The van der Waals surface area contributed by atoms with Gasteiger partial charge in [0, 0.05) is 10.2 Å². The van der Waals surface area contributed by atoms with Gasteiger partial charge in [-0.3, -0.25) is 19.8 Å². The number of carbonyl (C=O) groups excluding carboxylic acids is 3. The van der Waals surface area contributed by atoms with Crippen LogP contribution in [0.15, 0.2) is 70.7 Å². The summed E-state index contributed by atoms with van der Waals surface area (Å²) >= 11 is 9.92. The zero-order valence-electron chi connectivity index (χ0n) is 19.4. The van der Waals surface area contributed by atoms with Crippen molar-refractivity contribution in [2.45, 2.75) is 6.92 Å². The molecule has 0 unspecified atom stereocenters. The normalized spacial score (nSPS) is 14.1. The molecule has 0 atom stereocenters. The molecule has 1 aliphatic heterocycles. The predicted octanol–water partition coefficient (Wildman–Crippen LogP) is 5.12. The van der Waals surface area contributed by atoms with Crippen LogP contribution in [0, 0.1) is 5.82 Å². The van der Waals surface area contributed by atoms with Gasteiger partial charge in [0.25, 0.3) is 17.7 Å². The highest BCUT2D eigenvalue weighted by atomic mass is 79.9. The maximum absolute atomic E-state index is 13.1. The predicted molar refractivity (Wildman–Crippen MR) is 141 cm³/mol. The van der Waals surface area contributed by atoms with Crippen LogP contribution in [-0.2, 0) is 14.4 Å². The van der Waals surface area contributed by atoms with Crippen molar-refractivity contribution in [2.24, 2.45) is 0 Å². The first-order valence-electron chi connectivity index (χ1n) is 11.0. The second kappa shape index (κ2) is 11.4. The highest BCUT2D eigenvalue weighted by Gasteiger charge is 2.34. The van der Waals surface area contributed by atoms with Crippen LogP contribution < -0.4 is 25.2 Å². The summed E-state index contributed by atoms with van der Waals surface area (Å²) in [7, 11) is 0. The number of amides is 3. The maximum atomic E-state index is 13.1. The zero-order valence-corrected chi connectivity index (χ0v) is 21.7. The van der Waals surface area contributed by atoms with E-state index in [0.717, 1.165) is 5.01 Å². The second-order valence-electron chi connectivity index (χ2n) is 7.67. The smallest absolute Gasteiger partial charge is 0.282 e. The minimum absolute atomic E-state index is 0.0816. The van der Waals surface area contributed by atoms with Crippen LogP contribution in [0.1, 0.15) is 12.5 Å². The van der Waals surface area contributed by atoms with Crippen molar-refractivity contribution in [1.82, 2.24) is 5.43 Å². The molecule has 0 aliphatic carbocycles.